The van der Waals surface area contributed by atoms with Crippen LogP contribution >= 0.6 is 0 Å². The monoisotopic (exact) mass is 415 g/mol. The van der Waals surface area contributed by atoms with Crippen LogP contribution in [0.15, 0.2) is 36.4 Å². The Morgan fingerprint density at radius 3 is 2.70 bits per heavy atom. The van der Waals surface area contributed by atoms with E-state index in [0.29, 0.717) is 17.7 Å². The highest BCUT2D eigenvalue weighted by Crippen LogP contribution is 2.53. The molecule has 2 aliphatic rings. The van der Waals surface area contributed by atoms with E-state index in [1.807, 2.05) is 6.07 Å². The summed E-state index contributed by atoms with van der Waals surface area (Å²) in [5.74, 6) is 0.329. The fraction of sp³-hybridized carbons (Fsp3) is 0.600. The van der Waals surface area contributed by atoms with Gasteiger partial charge in [-0.05, 0) is 62.6 Å². The largest absolute Gasteiger partial charge is 0.481 e. The van der Waals surface area contributed by atoms with E-state index in [-0.39, 0.29) is 11.4 Å². The van der Waals surface area contributed by atoms with Crippen molar-refractivity contribution in [1.29, 1.82) is 0 Å². The third-order valence-electron chi connectivity index (χ3n) is 6.49. The highest BCUT2D eigenvalue weighted by atomic mass is 16.5. The second-order valence-corrected chi connectivity index (χ2v) is 8.50. The molecule has 0 aromatic heterocycles. The van der Waals surface area contributed by atoms with E-state index in [2.05, 4.69) is 49.1 Å². The fourth-order valence-corrected chi connectivity index (χ4v) is 5.28. The van der Waals surface area contributed by atoms with Gasteiger partial charge in [0.05, 0.1) is 0 Å². The molecule has 30 heavy (non-hydrogen) atoms. The number of likely N-dealkylation sites (tertiary alicyclic amines) is 1. The Morgan fingerprint density at radius 2 is 2.07 bits per heavy atom. The van der Waals surface area contributed by atoms with Crippen LogP contribution in [0.2, 0.25) is 0 Å². The van der Waals surface area contributed by atoms with Crippen molar-refractivity contribution >= 4 is 11.9 Å². The molecule has 5 nitrogen and oxygen atoms in total. The maximum Gasteiger partial charge on any atom is 0.308 e. The molecular formula is C25H37NO4. The lowest BCUT2D eigenvalue weighted by Crippen LogP contribution is -2.52. The van der Waals surface area contributed by atoms with Crippen LogP contribution in [-0.2, 0) is 15.0 Å². The number of aliphatic carboxylic acids is 1. The summed E-state index contributed by atoms with van der Waals surface area (Å²) >= 11 is 0. The molecule has 3 unspecified atom stereocenters. The number of carbonyl (C=O) groups is 2. The van der Waals surface area contributed by atoms with Gasteiger partial charge in [0.1, 0.15) is 5.75 Å². The Morgan fingerprint density at radius 1 is 1.33 bits per heavy atom. The van der Waals surface area contributed by atoms with Gasteiger partial charge in [0.25, 0.3) is 5.97 Å². The van der Waals surface area contributed by atoms with E-state index in [9.17, 15) is 4.79 Å². The van der Waals surface area contributed by atoms with Gasteiger partial charge in [-0.25, -0.2) is 0 Å². The molecule has 1 aromatic rings. The standard InChI is InChI=1S/C23H33NO2.C2H4O2/c1-4-6-7-14-24-17-20-11-9-13-23(20,16-21(24)5-2)19-10-8-12-22(15-19)26-18(3)25;1-2(3)4/h4,6,8,10,12,15,20-21H,5,7,9,11,13-14,16-17H2,1-3H3;1H3,(H,3,4)/b6-4+;. The predicted octanol–water partition coefficient (Wildman–Crippen LogP) is 5.19. The molecule has 1 aliphatic carbocycles. The normalized spacial score (nSPS) is 26.0. The van der Waals surface area contributed by atoms with Crippen molar-refractivity contribution < 1.29 is 19.4 Å². The van der Waals surface area contributed by atoms with Crippen molar-refractivity contribution in [3.05, 3.63) is 42.0 Å². The number of carboxylic acids is 1. The lowest BCUT2D eigenvalue weighted by Gasteiger charge is -2.49. The summed E-state index contributed by atoms with van der Waals surface area (Å²) in [6.45, 7) is 9.35. The van der Waals surface area contributed by atoms with E-state index in [0.717, 1.165) is 13.3 Å². The van der Waals surface area contributed by atoms with E-state index in [1.165, 1.54) is 57.7 Å². The summed E-state index contributed by atoms with van der Waals surface area (Å²) in [7, 11) is 0. The molecular weight excluding hydrogens is 378 g/mol. The molecule has 1 saturated heterocycles. The molecule has 3 atom stereocenters. The summed E-state index contributed by atoms with van der Waals surface area (Å²) in [5, 5.41) is 7.42. The van der Waals surface area contributed by atoms with Gasteiger partial charge in [-0.1, -0.05) is 37.6 Å². The van der Waals surface area contributed by atoms with Crippen LogP contribution < -0.4 is 4.74 Å². The summed E-state index contributed by atoms with van der Waals surface area (Å²) < 4.78 is 5.37. The number of nitrogens with zero attached hydrogens (tertiary/aromatic N) is 1. The topological polar surface area (TPSA) is 66.8 Å². The van der Waals surface area contributed by atoms with Crippen LogP contribution in [0.25, 0.3) is 0 Å². The lowest BCUT2D eigenvalue weighted by atomic mass is 9.65. The van der Waals surface area contributed by atoms with E-state index < -0.39 is 5.97 Å². The second kappa shape index (κ2) is 11.3. The van der Waals surface area contributed by atoms with E-state index in [4.69, 9.17) is 14.6 Å². The molecule has 166 valence electrons. The minimum Gasteiger partial charge on any atom is -0.481 e. The van der Waals surface area contributed by atoms with E-state index in [1.54, 1.807) is 0 Å². The number of carbonyl (C=O) groups excluding carboxylic acids is 1. The van der Waals surface area contributed by atoms with Crippen LogP contribution in [-0.4, -0.2) is 41.1 Å². The van der Waals surface area contributed by atoms with Crippen molar-refractivity contribution in [1.82, 2.24) is 4.90 Å². The number of fused-ring (bicyclic) bond motifs is 1. The molecule has 3 rings (SSSR count). The number of hydrogen-bond acceptors (Lipinski definition) is 4. The molecule has 1 aromatic carbocycles. The van der Waals surface area contributed by atoms with Crippen molar-refractivity contribution in [2.24, 2.45) is 5.92 Å². The first-order valence-corrected chi connectivity index (χ1v) is 11.2. The highest BCUT2D eigenvalue weighted by Gasteiger charge is 2.49. The number of ether oxygens (including phenoxy) is 1. The highest BCUT2D eigenvalue weighted by molar-refractivity contribution is 5.69. The molecule has 1 heterocycles. The van der Waals surface area contributed by atoms with Gasteiger partial charge in [0.15, 0.2) is 0 Å². The Kier molecular flexibility index (Phi) is 9.09. The van der Waals surface area contributed by atoms with Crippen molar-refractivity contribution in [3.8, 4) is 5.75 Å². The number of esters is 1. The number of hydrogen-bond donors (Lipinski definition) is 1. The first-order valence-electron chi connectivity index (χ1n) is 11.2. The second-order valence-electron chi connectivity index (χ2n) is 8.50. The van der Waals surface area contributed by atoms with Crippen LogP contribution in [0, 0.1) is 5.92 Å². The summed E-state index contributed by atoms with van der Waals surface area (Å²) in [5.41, 5.74) is 1.64. The van der Waals surface area contributed by atoms with Gasteiger partial charge in [-0.15, -0.1) is 0 Å². The summed E-state index contributed by atoms with van der Waals surface area (Å²) in [4.78, 5) is 23.1. The van der Waals surface area contributed by atoms with Crippen molar-refractivity contribution in [3.63, 3.8) is 0 Å². The minimum atomic E-state index is -0.833. The smallest absolute Gasteiger partial charge is 0.308 e. The number of piperidine rings is 1. The Labute approximate surface area is 181 Å². The SMILES string of the molecule is C/C=C/CCN1CC2CCCC2(c2cccc(OC(C)=O)c2)CC1CC.CC(=O)O. The third kappa shape index (κ3) is 6.18. The van der Waals surface area contributed by atoms with Gasteiger partial charge < -0.3 is 9.84 Å². The van der Waals surface area contributed by atoms with Gasteiger partial charge in [-0.3, -0.25) is 14.5 Å². The third-order valence-corrected chi connectivity index (χ3v) is 6.49. The molecule has 5 heteroatoms. The zero-order valence-corrected chi connectivity index (χ0v) is 18.9. The van der Waals surface area contributed by atoms with E-state index >= 15 is 0 Å². The first kappa shape index (κ1) is 24.1. The van der Waals surface area contributed by atoms with Crippen LogP contribution in [0.1, 0.15) is 71.8 Å². The zero-order valence-electron chi connectivity index (χ0n) is 18.9. The summed E-state index contributed by atoms with van der Waals surface area (Å²) in [6.07, 6.45) is 11.9. The van der Waals surface area contributed by atoms with Gasteiger partial charge in [-0.2, -0.15) is 0 Å². The average molecular weight is 416 g/mol. The van der Waals surface area contributed by atoms with Crippen LogP contribution in [0.5, 0.6) is 5.75 Å². The number of rotatable bonds is 6. The minimum absolute atomic E-state index is 0.243. The van der Waals surface area contributed by atoms with Crippen LogP contribution in [0.3, 0.4) is 0 Å². The zero-order chi connectivity index (χ0) is 22.1. The number of allylic oxidation sites excluding steroid dienone is 1. The average Bonchev–Trinajstić information content (AvgIpc) is 3.11. The Balaban J connectivity index is 0.000000735. The number of benzene rings is 1. The lowest BCUT2D eigenvalue weighted by molar-refractivity contribution is -0.134. The van der Waals surface area contributed by atoms with Gasteiger partial charge >= 0.3 is 5.97 Å². The maximum atomic E-state index is 11.4. The first-order chi connectivity index (χ1) is 14.3. The molecule has 1 N–H and O–H groups in total. The Hall–Kier alpha value is -2.14. The number of carboxylic acid groups (broad SMARTS) is 1. The molecule has 2 fully saturated rings. The van der Waals surface area contributed by atoms with Crippen molar-refractivity contribution in [2.45, 2.75) is 77.7 Å². The molecule has 0 bridgehead atoms. The van der Waals surface area contributed by atoms with Crippen molar-refractivity contribution in [2.75, 3.05) is 13.1 Å². The molecule has 0 radical (unpaired) electrons. The molecule has 1 saturated carbocycles. The van der Waals surface area contributed by atoms with Crippen LogP contribution in [0.4, 0.5) is 0 Å². The quantitative estimate of drug-likeness (QED) is 0.393. The molecule has 0 spiro atoms. The predicted molar refractivity (Wildman–Crippen MR) is 120 cm³/mol. The van der Waals surface area contributed by atoms with Gasteiger partial charge in [0.2, 0.25) is 0 Å². The Bertz CT molecular complexity index is 740. The molecule has 0 amide bonds. The molecule has 1 aliphatic heterocycles. The maximum absolute atomic E-state index is 11.4. The summed E-state index contributed by atoms with van der Waals surface area (Å²) in [6, 6.07) is 8.98. The van der Waals surface area contributed by atoms with Gasteiger partial charge in [0, 0.05) is 38.4 Å². The fourth-order valence-electron chi connectivity index (χ4n) is 5.28.